The van der Waals surface area contributed by atoms with Gasteiger partial charge >= 0.3 is 0 Å². The first kappa shape index (κ1) is 13.5. The van der Waals surface area contributed by atoms with E-state index in [9.17, 15) is 0 Å². The Morgan fingerprint density at radius 3 is 3.06 bits per heavy atom. The smallest absolute Gasteiger partial charge is 0.223 e. The number of aromatic nitrogens is 2. The van der Waals surface area contributed by atoms with Gasteiger partial charge in [0, 0.05) is 13.0 Å². The van der Waals surface area contributed by atoms with E-state index in [1.54, 1.807) is 0 Å². The van der Waals surface area contributed by atoms with Crippen LogP contribution in [-0.2, 0) is 6.54 Å². The van der Waals surface area contributed by atoms with E-state index in [0.717, 1.165) is 18.4 Å². The lowest BCUT2D eigenvalue weighted by molar-refractivity contribution is 0.159. The van der Waals surface area contributed by atoms with Crippen molar-refractivity contribution < 1.29 is 4.52 Å². The molecule has 18 heavy (non-hydrogen) atoms. The summed E-state index contributed by atoms with van der Waals surface area (Å²) in [6, 6.07) is 0.763. The van der Waals surface area contributed by atoms with Crippen LogP contribution in [0.2, 0.25) is 0 Å². The summed E-state index contributed by atoms with van der Waals surface area (Å²) in [5, 5.41) is 7.21. The van der Waals surface area contributed by atoms with Gasteiger partial charge in [-0.05, 0) is 45.8 Å². The maximum atomic E-state index is 4.92. The van der Waals surface area contributed by atoms with Gasteiger partial charge in [0.05, 0.1) is 6.54 Å². The number of rotatable bonds is 6. The number of nitrogens with one attached hydrogen (secondary N) is 1. The lowest BCUT2D eigenvalue weighted by Crippen LogP contribution is -2.38. The van der Waals surface area contributed by atoms with Gasteiger partial charge in [-0.1, -0.05) is 11.6 Å². The first-order chi connectivity index (χ1) is 8.75. The highest BCUT2D eigenvalue weighted by Crippen LogP contribution is 2.15. The van der Waals surface area contributed by atoms with Gasteiger partial charge in [0.15, 0.2) is 5.82 Å². The maximum absolute atomic E-state index is 4.92. The normalized spacial score (nSPS) is 21.3. The topological polar surface area (TPSA) is 54.2 Å². The lowest BCUT2D eigenvalue weighted by Gasteiger charge is -2.33. The third kappa shape index (κ3) is 4.07. The first-order valence-corrected chi connectivity index (χ1v) is 6.99. The molecule has 1 fully saturated rings. The van der Waals surface area contributed by atoms with E-state index in [2.05, 4.69) is 27.3 Å². The van der Waals surface area contributed by atoms with Crippen LogP contribution in [-0.4, -0.2) is 40.7 Å². The standard InChI is InChI=1S/C13H24N4O/c1-11-6-3-4-8-17(11)9-5-7-14-10-13-15-12(2)18-16-13/h11,14H,3-10H2,1-2H3. The lowest BCUT2D eigenvalue weighted by atomic mass is 10.0. The van der Waals surface area contributed by atoms with Crippen molar-refractivity contribution in [2.75, 3.05) is 19.6 Å². The van der Waals surface area contributed by atoms with E-state index in [1.165, 1.54) is 38.8 Å². The SMILES string of the molecule is Cc1nc(CNCCCN2CCCCC2C)no1. The van der Waals surface area contributed by atoms with Crippen LogP contribution in [0.1, 0.15) is 44.3 Å². The molecule has 1 saturated heterocycles. The van der Waals surface area contributed by atoms with Crippen LogP contribution >= 0.6 is 0 Å². The summed E-state index contributed by atoms with van der Waals surface area (Å²) in [5.74, 6) is 1.38. The number of nitrogens with zero attached hydrogens (tertiary/aromatic N) is 3. The summed E-state index contributed by atoms with van der Waals surface area (Å²) in [7, 11) is 0. The molecule has 0 saturated carbocycles. The Balaban J connectivity index is 1.55. The highest BCUT2D eigenvalue weighted by molar-refractivity contribution is 4.82. The summed E-state index contributed by atoms with van der Waals surface area (Å²) >= 11 is 0. The van der Waals surface area contributed by atoms with Crippen LogP contribution in [0.15, 0.2) is 4.52 Å². The van der Waals surface area contributed by atoms with Crippen LogP contribution < -0.4 is 5.32 Å². The highest BCUT2D eigenvalue weighted by Gasteiger charge is 2.16. The molecular formula is C13H24N4O. The van der Waals surface area contributed by atoms with Gasteiger partial charge in [-0.15, -0.1) is 0 Å². The van der Waals surface area contributed by atoms with Crippen LogP contribution in [0.4, 0.5) is 0 Å². The fourth-order valence-electron chi connectivity index (χ4n) is 2.51. The summed E-state index contributed by atoms with van der Waals surface area (Å²) in [5.41, 5.74) is 0. The van der Waals surface area contributed by atoms with Crippen LogP contribution in [0, 0.1) is 6.92 Å². The number of hydrogen-bond acceptors (Lipinski definition) is 5. The molecule has 5 nitrogen and oxygen atoms in total. The molecule has 1 aromatic heterocycles. The molecule has 1 N–H and O–H groups in total. The minimum Gasteiger partial charge on any atom is -0.340 e. The summed E-state index contributed by atoms with van der Waals surface area (Å²) in [6.07, 6.45) is 5.30. The molecule has 2 rings (SSSR count). The predicted octanol–water partition coefficient (Wildman–Crippen LogP) is 1.73. The second-order valence-corrected chi connectivity index (χ2v) is 5.14. The average Bonchev–Trinajstić information content (AvgIpc) is 2.77. The third-order valence-corrected chi connectivity index (χ3v) is 3.59. The van der Waals surface area contributed by atoms with E-state index >= 15 is 0 Å². The first-order valence-electron chi connectivity index (χ1n) is 6.99. The Labute approximate surface area is 109 Å². The number of likely N-dealkylation sites (tertiary alicyclic amines) is 1. The van der Waals surface area contributed by atoms with Crippen molar-refractivity contribution >= 4 is 0 Å². The van der Waals surface area contributed by atoms with Gasteiger partial charge in [-0.25, -0.2) is 0 Å². The molecule has 102 valence electrons. The largest absolute Gasteiger partial charge is 0.340 e. The molecule has 0 spiro atoms. The minimum absolute atomic E-state index is 0.633. The second-order valence-electron chi connectivity index (χ2n) is 5.14. The second kappa shape index (κ2) is 6.85. The van der Waals surface area contributed by atoms with Crippen molar-refractivity contribution in [1.29, 1.82) is 0 Å². The van der Waals surface area contributed by atoms with Crippen molar-refractivity contribution in [3.05, 3.63) is 11.7 Å². The Kier molecular flexibility index (Phi) is 5.13. The van der Waals surface area contributed by atoms with Crippen molar-refractivity contribution in [1.82, 2.24) is 20.4 Å². The van der Waals surface area contributed by atoms with E-state index in [0.29, 0.717) is 12.4 Å². The average molecular weight is 252 g/mol. The van der Waals surface area contributed by atoms with Gasteiger partial charge in [0.25, 0.3) is 0 Å². The predicted molar refractivity (Wildman–Crippen MR) is 70.2 cm³/mol. The van der Waals surface area contributed by atoms with Gasteiger partial charge in [-0.3, -0.25) is 0 Å². The Morgan fingerprint density at radius 2 is 2.33 bits per heavy atom. The van der Waals surface area contributed by atoms with Crippen molar-refractivity contribution in [2.24, 2.45) is 0 Å². The Morgan fingerprint density at radius 1 is 1.44 bits per heavy atom. The van der Waals surface area contributed by atoms with E-state index in [4.69, 9.17) is 4.52 Å². The molecule has 1 aliphatic heterocycles. The zero-order chi connectivity index (χ0) is 12.8. The van der Waals surface area contributed by atoms with Crippen LogP contribution in [0.25, 0.3) is 0 Å². The van der Waals surface area contributed by atoms with Crippen molar-refractivity contribution in [3.63, 3.8) is 0 Å². The van der Waals surface area contributed by atoms with Crippen molar-refractivity contribution in [3.8, 4) is 0 Å². The number of aryl methyl sites for hydroxylation is 1. The minimum atomic E-state index is 0.633. The third-order valence-electron chi connectivity index (χ3n) is 3.59. The molecule has 5 heteroatoms. The molecule has 0 bridgehead atoms. The van der Waals surface area contributed by atoms with Gasteiger partial charge in [0.2, 0.25) is 5.89 Å². The maximum Gasteiger partial charge on any atom is 0.223 e. The molecular weight excluding hydrogens is 228 g/mol. The molecule has 0 amide bonds. The van der Waals surface area contributed by atoms with E-state index in [-0.39, 0.29) is 0 Å². The van der Waals surface area contributed by atoms with Crippen LogP contribution in [0.5, 0.6) is 0 Å². The van der Waals surface area contributed by atoms with Gasteiger partial charge in [-0.2, -0.15) is 4.98 Å². The molecule has 1 atom stereocenters. The number of piperidine rings is 1. The fourth-order valence-corrected chi connectivity index (χ4v) is 2.51. The molecule has 1 aliphatic rings. The fraction of sp³-hybridized carbons (Fsp3) is 0.846. The van der Waals surface area contributed by atoms with Gasteiger partial charge < -0.3 is 14.7 Å². The summed E-state index contributed by atoms with van der Waals surface area (Å²) in [4.78, 5) is 6.76. The molecule has 0 radical (unpaired) electrons. The molecule has 0 aliphatic carbocycles. The zero-order valence-corrected chi connectivity index (χ0v) is 11.5. The monoisotopic (exact) mass is 252 g/mol. The van der Waals surface area contributed by atoms with E-state index < -0.39 is 0 Å². The molecule has 2 heterocycles. The summed E-state index contributed by atoms with van der Waals surface area (Å²) < 4.78 is 4.92. The number of hydrogen-bond donors (Lipinski definition) is 1. The van der Waals surface area contributed by atoms with Gasteiger partial charge in [0.1, 0.15) is 0 Å². The quantitative estimate of drug-likeness (QED) is 0.781. The Hall–Kier alpha value is -0.940. The molecule has 1 unspecified atom stereocenters. The Bertz CT molecular complexity index is 353. The van der Waals surface area contributed by atoms with Crippen LogP contribution in [0.3, 0.4) is 0 Å². The van der Waals surface area contributed by atoms with Crippen molar-refractivity contribution in [2.45, 2.75) is 52.1 Å². The zero-order valence-electron chi connectivity index (χ0n) is 11.5. The molecule has 1 aromatic rings. The summed E-state index contributed by atoms with van der Waals surface area (Å²) in [6.45, 7) is 8.33. The van der Waals surface area contributed by atoms with E-state index in [1.807, 2.05) is 6.92 Å². The highest BCUT2D eigenvalue weighted by atomic mass is 16.5. The molecule has 0 aromatic carbocycles.